The summed E-state index contributed by atoms with van der Waals surface area (Å²) in [6.45, 7) is 2.95. The second-order valence-electron chi connectivity index (χ2n) is 6.88. The number of carbonyl (C=O) groups is 1. The zero-order chi connectivity index (χ0) is 21.6. The highest BCUT2D eigenvalue weighted by Gasteiger charge is 2.18. The van der Waals surface area contributed by atoms with E-state index >= 15 is 0 Å². The van der Waals surface area contributed by atoms with Gasteiger partial charge in [0.2, 0.25) is 5.91 Å². The Morgan fingerprint density at radius 2 is 1.81 bits per heavy atom. The number of amides is 1. The summed E-state index contributed by atoms with van der Waals surface area (Å²) in [5.74, 6) is 2.10. The summed E-state index contributed by atoms with van der Waals surface area (Å²) < 4.78 is 16.0. The summed E-state index contributed by atoms with van der Waals surface area (Å²) in [7, 11) is 3.13. The third-order valence-corrected chi connectivity index (χ3v) is 5.93. The van der Waals surface area contributed by atoms with Crippen LogP contribution in [0, 0.1) is 0 Å². The largest absolute Gasteiger partial charge is 0.493 e. The highest BCUT2D eigenvalue weighted by Crippen LogP contribution is 2.32. The minimum absolute atomic E-state index is 0.139. The average Bonchev–Trinajstić information content (AvgIpc) is 2.83. The number of ether oxygens (including phenoxy) is 3. The average molecular weight is 441 g/mol. The van der Waals surface area contributed by atoms with E-state index in [0.717, 1.165) is 34.7 Å². The van der Waals surface area contributed by atoms with Crippen molar-refractivity contribution >= 4 is 39.9 Å². The summed E-state index contributed by atoms with van der Waals surface area (Å²) in [5.41, 5.74) is 0.641. The predicted molar refractivity (Wildman–Crippen MR) is 121 cm³/mol. The van der Waals surface area contributed by atoms with Gasteiger partial charge < -0.3 is 24.4 Å². The van der Waals surface area contributed by atoms with Gasteiger partial charge in [0, 0.05) is 35.6 Å². The highest BCUT2D eigenvalue weighted by atomic mass is 32.2. The van der Waals surface area contributed by atoms with Crippen LogP contribution in [0.2, 0.25) is 0 Å². The number of aromatic nitrogens is 2. The van der Waals surface area contributed by atoms with Crippen molar-refractivity contribution in [3.63, 3.8) is 0 Å². The third kappa shape index (κ3) is 4.83. The van der Waals surface area contributed by atoms with Gasteiger partial charge >= 0.3 is 0 Å². The van der Waals surface area contributed by atoms with Gasteiger partial charge in [-0.2, -0.15) is 0 Å². The number of rotatable bonds is 7. The molecule has 1 aliphatic rings. The number of benzene rings is 2. The topological polar surface area (TPSA) is 85.8 Å². The first-order valence-corrected chi connectivity index (χ1v) is 10.9. The van der Waals surface area contributed by atoms with Gasteiger partial charge in [-0.25, -0.2) is 0 Å². The first-order chi connectivity index (χ1) is 15.2. The molecule has 1 N–H and O–H groups in total. The normalized spacial score (nSPS) is 13.8. The lowest BCUT2D eigenvalue weighted by Gasteiger charge is -2.28. The molecule has 162 valence electrons. The molecule has 1 aliphatic heterocycles. The molecule has 9 heteroatoms. The van der Waals surface area contributed by atoms with Crippen LogP contribution in [0.5, 0.6) is 11.5 Å². The molecular formula is C22H24N4O4S. The van der Waals surface area contributed by atoms with Crippen molar-refractivity contribution in [3.8, 4) is 11.5 Å². The Balaban J connectivity index is 1.47. The van der Waals surface area contributed by atoms with Crippen molar-refractivity contribution in [3.05, 3.63) is 42.5 Å². The molecule has 2 heterocycles. The van der Waals surface area contributed by atoms with Gasteiger partial charge in [0.25, 0.3) is 0 Å². The Morgan fingerprint density at radius 3 is 2.55 bits per heavy atom. The molecule has 1 amide bonds. The van der Waals surface area contributed by atoms with Gasteiger partial charge in [0.05, 0.1) is 33.2 Å². The first kappa shape index (κ1) is 21.2. The quantitative estimate of drug-likeness (QED) is 0.561. The second-order valence-corrected chi connectivity index (χ2v) is 7.84. The lowest BCUT2D eigenvalue weighted by atomic mass is 10.2. The van der Waals surface area contributed by atoms with Crippen molar-refractivity contribution < 1.29 is 19.0 Å². The van der Waals surface area contributed by atoms with Crippen LogP contribution in [0.1, 0.15) is 0 Å². The molecule has 0 unspecified atom stereocenters. The maximum Gasteiger partial charge on any atom is 0.234 e. The fourth-order valence-electron chi connectivity index (χ4n) is 3.43. The molecule has 0 atom stereocenters. The number of hydrogen-bond donors (Lipinski definition) is 1. The second kappa shape index (κ2) is 9.84. The van der Waals surface area contributed by atoms with Crippen LogP contribution < -0.4 is 19.7 Å². The molecule has 1 aromatic heterocycles. The van der Waals surface area contributed by atoms with Gasteiger partial charge in [-0.15, -0.1) is 10.2 Å². The minimum Gasteiger partial charge on any atom is -0.493 e. The molecular weight excluding hydrogens is 416 g/mol. The van der Waals surface area contributed by atoms with Gasteiger partial charge in [-0.05, 0) is 12.1 Å². The van der Waals surface area contributed by atoms with Crippen molar-refractivity contribution in [1.82, 2.24) is 10.2 Å². The minimum atomic E-state index is -0.139. The fraction of sp³-hybridized carbons (Fsp3) is 0.318. The number of morpholine rings is 1. The highest BCUT2D eigenvalue weighted by molar-refractivity contribution is 8.00. The molecule has 0 saturated carbocycles. The SMILES string of the molecule is COc1ccc(NC(=O)CSc2nnc(N3CCOCC3)c3ccccc23)cc1OC. The molecule has 1 fully saturated rings. The summed E-state index contributed by atoms with van der Waals surface area (Å²) in [6.07, 6.45) is 0. The maximum atomic E-state index is 12.5. The Morgan fingerprint density at radius 1 is 1.06 bits per heavy atom. The monoisotopic (exact) mass is 440 g/mol. The van der Waals surface area contributed by atoms with E-state index in [9.17, 15) is 4.79 Å². The third-order valence-electron chi connectivity index (χ3n) is 4.95. The number of thioether (sulfide) groups is 1. The Kier molecular flexibility index (Phi) is 6.73. The van der Waals surface area contributed by atoms with Crippen LogP contribution >= 0.6 is 11.8 Å². The van der Waals surface area contributed by atoms with Crippen LogP contribution in [0.15, 0.2) is 47.5 Å². The van der Waals surface area contributed by atoms with E-state index in [0.29, 0.717) is 30.4 Å². The number of fused-ring (bicyclic) bond motifs is 1. The number of hydrogen-bond acceptors (Lipinski definition) is 8. The summed E-state index contributed by atoms with van der Waals surface area (Å²) in [5, 5.41) is 14.5. The number of anilines is 2. The first-order valence-electron chi connectivity index (χ1n) is 9.92. The Labute approximate surface area is 184 Å². The van der Waals surface area contributed by atoms with E-state index in [4.69, 9.17) is 14.2 Å². The molecule has 0 aliphatic carbocycles. The smallest absolute Gasteiger partial charge is 0.234 e. The molecule has 0 radical (unpaired) electrons. The van der Waals surface area contributed by atoms with Crippen molar-refractivity contribution in [1.29, 1.82) is 0 Å². The molecule has 4 rings (SSSR count). The number of carbonyl (C=O) groups excluding carboxylic acids is 1. The predicted octanol–water partition coefficient (Wildman–Crippen LogP) is 3.21. The van der Waals surface area contributed by atoms with Gasteiger partial charge in [0.1, 0.15) is 5.03 Å². The van der Waals surface area contributed by atoms with E-state index in [2.05, 4.69) is 20.4 Å². The summed E-state index contributed by atoms with van der Waals surface area (Å²) in [6, 6.07) is 13.3. The van der Waals surface area contributed by atoms with Gasteiger partial charge in [-0.1, -0.05) is 36.0 Å². The molecule has 0 spiro atoms. The van der Waals surface area contributed by atoms with Gasteiger partial charge in [0.15, 0.2) is 17.3 Å². The van der Waals surface area contributed by atoms with E-state index in [-0.39, 0.29) is 11.7 Å². The van der Waals surface area contributed by atoms with Crippen LogP contribution in [0.4, 0.5) is 11.5 Å². The van der Waals surface area contributed by atoms with Crippen LogP contribution in [-0.2, 0) is 9.53 Å². The maximum absolute atomic E-state index is 12.5. The van der Waals surface area contributed by atoms with Crippen molar-refractivity contribution in [2.75, 3.05) is 56.5 Å². The van der Waals surface area contributed by atoms with Crippen LogP contribution in [0.25, 0.3) is 10.8 Å². The molecule has 31 heavy (non-hydrogen) atoms. The molecule has 1 saturated heterocycles. The zero-order valence-corrected chi connectivity index (χ0v) is 18.3. The van der Waals surface area contributed by atoms with Crippen LogP contribution in [0.3, 0.4) is 0 Å². The summed E-state index contributed by atoms with van der Waals surface area (Å²) in [4.78, 5) is 14.7. The van der Waals surface area contributed by atoms with Gasteiger partial charge in [-0.3, -0.25) is 4.79 Å². The number of methoxy groups -OCH3 is 2. The van der Waals surface area contributed by atoms with Crippen molar-refractivity contribution in [2.24, 2.45) is 0 Å². The van der Waals surface area contributed by atoms with Crippen molar-refractivity contribution in [2.45, 2.75) is 5.03 Å². The summed E-state index contributed by atoms with van der Waals surface area (Å²) >= 11 is 1.37. The van der Waals surface area contributed by atoms with E-state index < -0.39 is 0 Å². The number of nitrogens with zero attached hydrogens (tertiary/aromatic N) is 3. The van der Waals surface area contributed by atoms with E-state index in [1.807, 2.05) is 24.3 Å². The molecule has 2 aromatic carbocycles. The Hall–Kier alpha value is -3.04. The van der Waals surface area contributed by atoms with E-state index in [1.54, 1.807) is 32.4 Å². The molecule has 0 bridgehead atoms. The Bertz CT molecular complexity index is 1070. The van der Waals surface area contributed by atoms with E-state index in [1.165, 1.54) is 11.8 Å². The lowest BCUT2D eigenvalue weighted by Crippen LogP contribution is -2.37. The standard InChI is InChI=1S/C22H24N4O4S/c1-28-18-8-7-15(13-19(18)29-2)23-20(27)14-31-22-17-6-4-3-5-16(17)21(24-25-22)26-9-11-30-12-10-26/h3-8,13H,9-12,14H2,1-2H3,(H,23,27). The number of nitrogens with one attached hydrogen (secondary N) is 1. The molecule has 3 aromatic rings. The zero-order valence-electron chi connectivity index (χ0n) is 17.5. The fourth-order valence-corrected chi connectivity index (χ4v) is 4.20. The molecule has 8 nitrogen and oxygen atoms in total. The van der Waals surface area contributed by atoms with Crippen LogP contribution in [-0.4, -0.2) is 62.4 Å². The lowest BCUT2D eigenvalue weighted by molar-refractivity contribution is -0.113.